The summed E-state index contributed by atoms with van der Waals surface area (Å²) in [5, 5.41) is 28.7. The molecule has 1 amide bonds. The van der Waals surface area contributed by atoms with Gasteiger partial charge in [-0.25, -0.2) is 14.8 Å². The Hall–Kier alpha value is -1.94. The summed E-state index contributed by atoms with van der Waals surface area (Å²) in [5.74, 6) is -0.835. The largest absolute Gasteiger partial charge is 0.493 e. The first-order chi connectivity index (χ1) is 14.1. The first kappa shape index (κ1) is 24.3. The molecule has 1 saturated heterocycles. The van der Waals surface area contributed by atoms with Crippen LogP contribution in [0.1, 0.15) is 12.6 Å². The van der Waals surface area contributed by atoms with E-state index in [2.05, 4.69) is 14.1 Å². The number of amides is 1. The molecule has 0 radical (unpaired) electrons. The van der Waals surface area contributed by atoms with Crippen LogP contribution >= 0.6 is 7.82 Å². The van der Waals surface area contributed by atoms with Crippen molar-refractivity contribution in [3.63, 3.8) is 0 Å². The van der Waals surface area contributed by atoms with Crippen LogP contribution in [0.15, 0.2) is 17.1 Å². The number of nitrogens with one attached hydrogen (secondary N) is 1. The number of carbonyl (C=O) groups excluding carboxylic acids is 1. The van der Waals surface area contributed by atoms with E-state index in [1.54, 1.807) is 5.48 Å². The molecule has 5 atom stereocenters. The van der Waals surface area contributed by atoms with Gasteiger partial charge in [0.05, 0.1) is 32.8 Å². The number of nitrogens with two attached hydrogens (primary N) is 1. The molecule has 1 fully saturated rings. The van der Waals surface area contributed by atoms with Gasteiger partial charge < -0.3 is 35.4 Å². The van der Waals surface area contributed by atoms with Crippen LogP contribution in [0.25, 0.3) is 0 Å². The second-order valence-electron chi connectivity index (χ2n) is 6.06. The van der Waals surface area contributed by atoms with Crippen LogP contribution in [0.2, 0.25) is 0 Å². The summed E-state index contributed by atoms with van der Waals surface area (Å²) in [4.78, 5) is 36.4. The molecule has 0 bridgehead atoms. The molecule has 1 aliphatic heterocycles. The number of aromatic nitrogens is 2. The lowest BCUT2D eigenvalue weighted by Crippen LogP contribution is -2.36. The van der Waals surface area contributed by atoms with E-state index in [1.165, 1.54) is 12.3 Å². The molecule has 0 saturated carbocycles. The van der Waals surface area contributed by atoms with Crippen LogP contribution in [0.5, 0.6) is 0 Å². The fourth-order valence-electron chi connectivity index (χ4n) is 2.40. The molecule has 2 rings (SSSR count). The fraction of sp³-hybridized carbons (Fsp3) is 0.643. The number of hydrogen-bond acceptors (Lipinski definition) is 12. The summed E-state index contributed by atoms with van der Waals surface area (Å²) in [6, 6.07) is 1.28. The Morgan fingerprint density at radius 1 is 1.37 bits per heavy atom. The molecule has 170 valence electrons. The maximum atomic E-state index is 11.9. The fourth-order valence-corrected chi connectivity index (χ4v) is 3.01. The minimum Gasteiger partial charge on any atom is -0.394 e. The Balaban J connectivity index is 1.85. The van der Waals surface area contributed by atoms with Crippen LogP contribution < -0.4 is 16.9 Å². The van der Waals surface area contributed by atoms with Crippen LogP contribution in [0.3, 0.4) is 0 Å². The normalized spacial score (nSPS) is 25.7. The Morgan fingerprint density at radius 3 is 2.77 bits per heavy atom. The minimum atomic E-state index is -4.78. The summed E-state index contributed by atoms with van der Waals surface area (Å²) in [6.45, 7) is -0.945. The van der Waals surface area contributed by atoms with Gasteiger partial charge in [-0.2, -0.15) is 9.61 Å². The number of anilines is 1. The molecule has 0 aliphatic carbocycles. The van der Waals surface area contributed by atoms with Gasteiger partial charge >= 0.3 is 13.5 Å². The third-order valence-electron chi connectivity index (χ3n) is 3.85. The van der Waals surface area contributed by atoms with Crippen molar-refractivity contribution in [1.82, 2.24) is 15.0 Å². The van der Waals surface area contributed by atoms with E-state index in [9.17, 15) is 29.3 Å². The molecule has 30 heavy (non-hydrogen) atoms. The molecule has 7 N–H and O–H groups in total. The van der Waals surface area contributed by atoms with Crippen molar-refractivity contribution in [3.8, 4) is 0 Å². The molecule has 1 aromatic rings. The second-order valence-corrected chi connectivity index (χ2v) is 7.43. The number of nitrogen functional groups attached to an aromatic ring is 1. The average molecular weight is 454 g/mol. The van der Waals surface area contributed by atoms with Crippen molar-refractivity contribution in [3.05, 3.63) is 22.7 Å². The van der Waals surface area contributed by atoms with Gasteiger partial charge in [0.1, 0.15) is 24.1 Å². The molecular formula is C14H23N4O11P. The van der Waals surface area contributed by atoms with Gasteiger partial charge in [0.15, 0.2) is 6.23 Å². The lowest BCUT2D eigenvalue weighted by atomic mass is 10.1. The predicted octanol–water partition coefficient (Wildman–Crippen LogP) is -2.99. The van der Waals surface area contributed by atoms with Gasteiger partial charge in [-0.3, -0.25) is 13.9 Å². The zero-order valence-electron chi connectivity index (χ0n) is 15.6. The van der Waals surface area contributed by atoms with Gasteiger partial charge in [-0.05, 0) is 6.07 Å². The number of ether oxygens (including phenoxy) is 2. The van der Waals surface area contributed by atoms with Gasteiger partial charge in [-0.1, -0.05) is 0 Å². The number of aliphatic hydroxyl groups excluding tert-OH is 3. The van der Waals surface area contributed by atoms with E-state index in [4.69, 9.17) is 20.3 Å². The Morgan fingerprint density at radius 2 is 2.10 bits per heavy atom. The minimum absolute atomic E-state index is 0.0326. The third kappa shape index (κ3) is 6.80. The molecule has 1 aliphatic rings. The smallest absolute Gasteiger partial charge is 0.394 e. The average Bonchev–Trinajstić information content (AvgIpc) is 2.97. The number of nitrogens with zero attached hydrogens (tertiary/aromatic N) is 2. The predicted molar refractivity (Wildman–Crippen MR) is 96.4 cm³/mol. The Labute approximate surface area is 169 Å². The highest BCUT2D eigenvalue weighted by Gasteiger charge is 2.45. The SMILES string of the molecule is Nc1ccn([C@@H]2O[C@H](COP(=O)(O)ONC(=O)CCOCCO)[C@@H](O)[C@H]2O)c(=O)n1. The van der Waals surface area contributed by atoms with E-state index in [0.717, 1.165) is 4.57 Å². The number of rotatable bonds is 11. The molecule has 16 heteroatoms. The summed E-state index contributed by atoms with van der Waals surface area (Å²) in [6.07, 6.45) is -4.79. The second kappa shape index (κ2) is 10.9. The number of hydroxylamine groups is 1. The van der Waals surface area contributed by atoms with Crippen molar-refractivity contribution in [1.29, 1.82) is 0 Å². The number of carbonyl (C=O) groups is 1. The lowest BCUT2D eigenvalue weighted by Gasteiger charge is -2.17. The summed E-state index contributed by atoms with van der Waals surface area (Å²) < 4.78 is 31.9. The van der Waals surface area contributed by atoms with Crippen molar-refractivity contribution >= 4 is 19.5 Å². The molecular weight excluding hydrogens is 431 g/mol. The lowest BCUT2D eigenvalue weighted by molar-refractivity contribution is -0.130. The van der Waals surface area contributed by atoms with Gasteiger partial charge in [0.25, 0.3) is 0 Å². The van der Waals surface area contributed by atoms with E-state index in [0.29, 0.717) is 0 Å². The van der Waals surface area contributed by atoms with E-state index in [1.807, 2.05) is 0 Å². The highest BCUT2D eigenvalue weighted by atomic mass is 31.2. The number of hydrogen-bond donors (Lipinski definition) is 6. The summed E-state index contributed by atoms with van der Waals surface area (Å²) in [5.41, 5.74) is 6.25. The zero-order valence-corrected chi connectivity index (χ0v) is 16.5. The number of phosphoric acid groups is 1. The van der Waals surface area contributed by atoms with Crippen molar-refractivity contribution in [2.75, 3.05) is 32.2 Å². The molecule has 1 unspecified atom stereocenters. The number of aliphatic hydroxyl groups is 3. The van der Waals surface area contributed by atoms with E-state index in [-0.39, 0.29) is 32.1 Å². The maximum Gasteiger partial charge on any atom is 0.493 e. The maximum absolute atomic E-state index is 11.9. The molecule has 2 heterocycles. The molecule has 15 nitrogen and oxygen atoms in total. The van der Waals surface area contributed by atoms with Crippen molar-refractivity contribution in [2.24, 2.45) is 0 Å². The number of phosphoric ester groups is 1. The Bertz CT molecular complexity index is 821. The van der Waals surface area contributed by atoms with E-state index >= 15 is 0 Å². The highest BCUT2D eigenvalue weighted by Crippen LogP contribution is 2.43. The van der Waals surface area contributed by atoms with Crippen molar-refractivity contribution in [2.45, 2.75) is 31.0 Å². The van der Waals surface area contributed by atoms with Crippen LogP contribution in [0, 0.1) is 0 Å². The van der Waals surface area contributed by atoms with Gasteiger partial charge in [0.2, 0.25) is 5.91 Å². The summed E-state index contributed by atoms with van der Waals surface area (Å²) >= 11 is 0. The van der Waals surface area contributed by atoms with E-state index < -0.39 is 50.6 Å². The standard InChI is InChI=1S/C14H23N4O11P/c15-9-1-3-18(14(23)16-9)13-12(22)11(21)8(28-13)7-27-30(24,25)29-17-10(20)2-5-26-6-4-19/h1,3,8,11-13,19,21-22H,2,4-7H2,(H,17,20)(H,24,25)(H2,15,16,23)/t8-,11-,12-,13-/m1/s1. The van der Waals surface area contributed by atoms with Crippen LogP contribution in [0.4, 0.5) is 5.82 Å². The Kier molecular flexibility index (Phi) is 8.84. The molecule has 0 spiro atoms. The topological polar surface area (TPSA) is 225 Å². The first-order valence-electron chi connectivity index (χ1n) is 8.64. The van der Waals surface area contributed by atoms with Gasteiger partial charge in [0, 0.05) is 6.20 Å². The van der Waals surface area contributed by atoms with Crippen molar-refractivity contribution < 1.29 is 48.2 Å². The first-order valence-corrected chi connectivity index (χ1v) is 10.1. The van der Waals surface area contributed by atoms with Crippen LogP contribution in [-0.4, -0.2) is 80.4 Å². The molecule has 1 aromatic heterocycles. The highest BCUT2D eigenvalue weighted by molar-refractivity contribution is 7.47. The third-order valence-corrected chi connectivity index (χ3v) is 4.65. The quantitative estimate of drug-likeness (QED) is 0.112. The molecule has 0 aromatic carbocycles. The zero-order chi connectivity index (χ0) is 22.3. The van der Waals surface area contributed by atoms with Crippen LogP contribution in [-0.2, 0) is 28.0 Å². The monoisotopic (exact) mass is 454 g/mol. The van der Waals surface area contributed by atoms with Gasteiger partial charge in [-0.15, -0.1) is 0 Å². The summed E-state index contributed by atoms with van der Waals surface area (Å²) in [7, 11) is -4.78.